The van der Waals surface area contributed by atoms with Crippen molar-refractivity contribution in [2.75, 3.05) is 24.5 Å². The highest BCUT2D eigenvalue weighted by molar-refractivity contribution is 6.30. The van der Waals surface area contributed by atoms with Crippen molar-refractivity contribution in [3.8, 4) is 11.6 Å². The van der Waals surface area contributed by atoms with E-state index in [9.17, 15) is 9.18 Å². The van der Waals surface area contributed by atoms with Crippen LogP contribution in [0, 0.1) is 5.82 Å². The smallest absolute Gasteiger partial charge is 0.227 e. The van der Waals surface area contributed by atoms with Crippen LogP contribution in [0.2, 0.25) is 5.02 Å². The van der Waals surface area contributed by atoms with Gasteiger partial charge in [0.05, 0.1) is 6.42 Å². The number of nitrogens with zero attached hydrogens (tertiary/aromatic N) is 4. The van der Waals surface area contributed by atoms with Gasteiger partial charge in [0.15, 0.2) is 11.6 Å². The van der Waals surface area contributed by atoms with Crippen LogP contribution in [0.4, 0.5) is 10.2 Å². The highest BCUT2D eigenvalue weighted by Crippen LogP contribution is 2.27. The van der Waals surface area contributed by atoms with Crippen LogP contribution in [0.3, 0.4) is 0 Å². The molecular formula is C23H22ClFN4O2. The topological polar surface area (TPSA) is 58.6 Å². The first-order valence-electron chi connectivity index (χ1n) is 10.0. The molecule has 0 unspecified atom stereocenters. The van der Waals surface area contributed by atoms with Gasteiger partial charge in [-0.1, -0.05) is 41.9 Å². The third-order valence-electron chi connectivity index (χ3n) is 5.21. The lowest BCUT2D eigenvalue weighted by Gasteiger charge is -2.40. The second-order valence-electron chi connectivity index (χ2n) is 7.44. The van der Waals surface area contributed by atoms with Gasteiger partial charge in [-0.3, -0.25) is 4.79 Å². The molecule has 31 heavy (non-hydrogen) atoms. The van der Waals surface area contributed by atoms with Gasteiger partial charge >= 0.3 is 0 Å². The van der Waals surface area contributed by atoms with Crippen molar-refractivity contribution in [2.45, 2.75) is 19.4 Å². The van der Waals surface area contributed by atoms with Gasteiger partial charge in [0.1, 0.15) is 12.1 Å². The summed E-state index contributed by atoms with van der Waals surface area (Å²) in [7, 11) is 0. The third kappa shape index (κ3) is 5.11. The molecule has 0 radical (unpaired) electrons. The van der Waals surface area contributed by atoms with Crippen molar-refractivity contribution in [2.24, 2.45) is 0 Å². The molecule has 8 heteroatoms. The summed E-state index contributed by atoms with van der Waals surface area (Å²) in [4.78, 5) is 25.1. The van der Waals surface area contributed by atoms with Gasteiger partial charge in [0.25, 0.3) is 0 Å². The maximum Gasteiger partial charge on any atom is 0.227 e. The molecule has 1 aliphatic heterocycles. The molecular weight excluding hydrogens is 419 g/mol. The van der Waals surface area contributed by atoms with E-state index in [0.717, 1.165) is 5.56 Å². The molecule has 6 nitrogen and oxygen atoms in total. The predicted molar refractivity (Wildman–Crippen MR) is 117 cm³/mol. The van der Waals surface area contributed by atoms with Gasteiger partial charge in [0, 0.05) is 36.8 Å². The first-order valence-corrected chi connectivity index (χ1v) is 10.4. The van der Waals surface area contributed by atoms with E-state index in [-0.39, 0.29) is 23.6 Å². The van der Waals surface area contributed by atoms with Crippen molar-refractivity contribution >= 4 is 23.3 Å². The normalized spacial score (nSPS) is 16.3. The van der Waals surface area contributed by atoms with E-state index >= 15 is 0 Å². The van der Waals surface area contributed by atoms with Gasteiger partial charge in [0.2, 0.25) is 11.8 Å². The first-order chi connectivity index (χ1) is 15.0. The van der Waals surface area contributed by atoms with E-state index in [1.807, 2.05) is 42.2 Å². The van der Waals surface area contributed by atoms with E-state index in [2.05, 4.69) is 14.9 Å². The Hall–Kier alpha value is -3.19. The third-order valence-corrected chi connectivity index (χ3v) is 5.44. The maximum absolute atomic E-state index is 14.0. The van der Waals surface area contributed by atoms with Gasteiger partial charge in [-0.25, -0.2) is 14.4 Å². The van der Waals surface area contributed by atoms with Gasteiger partial charge in [-0.15, -0.1) is 0 Å². The summed E-state index contributed by atoms with van der Waals surface area (Å²) in [6, 6.07) is 15.6. The van der Waals surface area contributed by atoms with Crippen molar-refractivity contribution in [3.05, 3.63) is 77.3 Å². The van der Waals surface area contributed by atoms with Crippen LogP contribution < -0.4 is 9.64 Å². The van der Waals surface area contributed by atoms with E-state index in [1.54, 1.807) is 12.1 Å². The first kappa shape index (κ1) is 21.1. The Balaban J connectivity index is 1.41. The van der Waals surface area contributed by atoms with Gasteiger partial charge < -0.3 is 14.5 Å². The number of hydrogen-bond donors (Lipinski definition) is 0. The molecule has 1 atom stereocenters. The molecule has 2 heterocycles. The Morgan fingerprint density at radius 3 is 2.71 bits per heavy atom. The quantitative estimate of drug-likeness (QED) is 0.590. The van der Waals surface area contributed by atoms with Gasteiger partial charge in [-0.2, -0.15) is 0 Å². The summed E-state index contributed by atoms with van der Waals surface area (Å²) in [6.45, 7) is 3.89. The number of ether oxygens (including phenoxy) is 1. The molecule has 0 bridgehead atoms. The molecule has 160 valence electrons. The number of carbonyl (C=O) groups is 1. The van der Waals surface area contributed by atoms with Crippen LogP contribution in [0.5, 0.6) is 11.6 Å². The van der Waals surface area contributed by atoms with Crippen molar-refractivity contribution in [1.82, 2.24) is 14.9 Å². The molecule has 3 aromatic rings. The Labute approximate surface area is 185 Å². The van der Waals surface area contributed by atoms with E-state index in [4.69, 9.17) is 16.3 Å². The molecule has 1 amide bonds. The Bertz CT molecular complexity index is 1070. The number of hydrogen-bond acceptors (Lipinski definition) is 5. The number of carbonyl (C=O) groups excluding carboxylic acids is 1. The second kappa shape index (κ2) is 9.31. The van der Waals surface area contributed by atoms with E-state index < -0.39 is 5.82 Å². The molecule has 0 saturated carbocycles. The Morgan fingerprint density at radius 1 is 1.16 bits per heavy atom. The summed E-state index contributed by atoms with van der Waals surface area (Å²) in [5.74, 6) is 0.497. The van der Waals surface area contributed by atoms with E-state index in [0.29, 0.717) is 36.9 Å². The fourth-order valence-electron chi connectivity index (χ4n) is 3.64. The van der Waals surface area contributed by atoms with Crippen LogP contribution >= 0.6 is 11.6 Å². The fourth-order valence-corrected chi connectivity index (χ4v) is 3.80. The lowest BCUT2D eigenvalue weighted by atomic mass is 10.1. The minimum Gasteiger partial charge on any atom is -0.436 e. The standard InChI is InChI=1S/C23H22ClFN4O2/c1-16-14-28(9-10-29(16)23(30)11-17-5-3-2-4-6-17)21-13-22(27-15-26-21)31-20-8-7-18(24)12-19(20)25/h2-8,12-13,15-16H,9-11,14H2,1H3/t16-/m0/s1. The van der Waals surface area contributed by atoms with Crippen molar-refractivity contribution in [3.63, 3.8) is 0 Å². The number of rotatable bonds is 5. The molecule has 1 aromatic heterocycles. The lowest BCUT2D eigenvalue weighted by molar-refractivity contribution is -0.132. The average Bonchev–Trinajstić information content (AvgIpc) is 2.76. The summed E-state index contributed by atoms with van der Waals surface area (Å²) >= 11 is 5.78. The predicted octanol–water partition coefficient (Wildman–Crippen LogP) is 4.34. The van der Waals surface area contributed by atoms with Crippen LogP contribution in [0.1, 0.15) is 12.5 Å². The lowest BCUT2D eigenvalue weighted by Crippen LogP contribution is -2.54. The zero-order chi connectivity index (χ0) is 21.8. The molecule has 0 aliphatic carbocycles. The maximum atomic E-state index is 14.0. The number of piperazine rings is 1. The second-order valence-corrected chi connectivity index (χ2v) is 7.87. The highest BCUT2D eigenvalue weighted by Gasteiger charge is 2.28. The zero-order valence-electron chi connectivity index (χ0n) is 17.0. The molecule has 1 fully saturated rings. The summed E-state index contributed by atoms with van der Waals surface area (Å²) < 4.78 is 19.6. The number of aromatic nitrogens is 2. The number of halogens is 2. The van der Waals surface area contributed by atoms with Crippen LogP contribution in [0.25, 0.3) is 0 Å². The zero-order valence-corrected chi connectivity index (χ0v) is 17.8. The molecule has 0 N–H and O–H groups in total. The monoisotopic (exact) mass is 440 g/mol. The van der Waals surface area contributed by atoms with Crippen LogP contribution in [0.15, 0.2) is 60.9 Å². The van der Waals surface area contributed by atoms with Gasteiger partial charge in [-0.05, 0) is 30.7 Å². The minimum atomic E-state index is -0.563. The molecule has 1 saturated heterocycles. The molecule has 1 aliphatic rings. The largest absolute Gasteiger partial charge is 0.436 e. The SMILES string of the molecule is C[C@H]1CN(c2cc(Oc3ccc(Cl)cc3F)ncn2)CCN1C(=O)Cc1ccccc1. The number of amides is 1. The van der Waals surface area contributed by atoms with Crippen molar-refractivity contribution < 1.29 is 13.9 Å². The Kier molecular flexibility index (Phi) is 6.32. The minimum absolute atomic E-state index is 0.0259. The van der Waals surface area contributed by atoms with Crippen LogP contribution in [-0.4, -0.2) is 46.5 Å². The molecule has 2 aromatic carbocycles. The highest BCUT2D eigenvalue weighted by atomic mass is 35.5. The number of benzene rings is 2. The molecule has 0 spiro atoms. The summed E-state index contributed by atoms with van der Waals surface area (Å²) in [5, 5.41) is 0.293. The number of anilines is 1. The van der Waals surface area contributed by atoms with Crippen molar-refractivity contribution in [1.29, 1.82) is 0 Å². The fraction of sp³-hybridized carbons (Fsp3) is 0.261. The summed E-state index contributed by atoms with van der Waals surface area (Å²) in [6.07, 6.45) is 1.78. The Morgan fingerprint density at radius 2 is 1.97 bits per heavy atom. The molecule has 4 rings (SSSR count). The van der Waals surface area contributed by atoms with E-state index in [1.165, 1.54) is 18.5 Å². The summed E-state index contributed by atoms with van der Waals surface area (Å²) in [5.41, 5.74) is 1.01. The van der Waals surface area contributed by atoms with Crippen LogP contribution in [-0.2, 0) is 11.2 Å². The average molecular weight is 441 g/mol.